The molecule has 0 aliphatic heterocycles. The summed E-state index contributed by atoms with van der Waals surface area (Å²) in [4.78, 5) is 7.12. The second kappa shape index (κ2) is 13.9. The maximum Gasteiger partial charge on any atom is 0.137 e. The number of nitrogens with zero attached hydrogens (tertiary/aromatic N) is 2. The fourth-order valence-electron chi connectivity index (χ4n) is 8.22. The molecule has 9 aromatic carbocycles. The van der Waals surface area contributed by atoms with Gasteiger partial charge in [-0.15, -0.1) is 0 Å². The summed E-state index contributed by atoms with van der Waals surface area (Å²) in [5, 5.41) is 9.99. The Morgan fingerprint density at radius 2 is 0.836 bits per heavy atom. The van der Waals surface area contributed by atoms with Crippen molar-refractivity contribution in [1.82, 2.24) is 4.98 Å². The highest BCUT2D eigenvalue weighted by molar-refractivity contribution is 6.25. The van der Waals surface area contributed by atoms with E-state index in [1.165, 1.54) is 70.9 Å². The van der Waals surface area contributed by atoms with Gasteiger partial charge in [0.2, 0.25) is 0 Å². The molecule has 0 amide bonds. The highest BCUT2D eigenvalue weighted by atomic mass is 15.2. The van der Waals surface area contributed by atoms with Gasteiger partial charge in [-0.2, -0.15) is 0 Å². The van der Waals surface area contributed by atoms with Crippen molar-refractivity contribution in [2.24, 2.45) is 0 Å². The van der Waals surface area contributed by atoms with Crippen LogP contribution in [-0.4, -0.2) is 4.98 Å². The molecule has 258 valence electrons. The number of hydrogen-bond acceptors (Lipinski definition) is 2. The van der Waals surface area contributed by atoms with Crippen LogP contribution in [-0.2, 0) is 0 Å². The van der Waals surface area contributed by atoms with Gasteiger partial charge in [0.15, 0.2) is 0 Å². The molecule has 0 bridgehead atoms. The maximum absolute atomic E-state index is 4.94. The number of rotatable bonds is 7. The predicted octanol–water partition coefficient (Wildman–Crippen LogP) is 14.7. The molecule has 2 nitrogen and oxygen atoms in total. The third-order valence-electron chi connectivity index (χ3n) is 10.7. The second-order valence-corrected chi connectivity index (χ2v) is 13.9. The van der Waals surface area contributed by atoms with Gasteiger partial charge in [0.25, 0.3) is 0 Å². The van der Waals surface area contributed by atoms with E-state index in [0.29, 0.717) is 0 Å². The Kier molecular flexibility index (Phi) is 8.20. The monoisotopic (exact) mass is 700 g/mol. The van der Waals surface area contributed by atoms with Crippen LogP contribution in [0.3, 0.4) is 0 Å². The molecule has 1 aromatic heterocycles. The van der Waals surface area contributed by atoms with Crippen molar-refractivity contribution in [3.05, 3.63) is 218 Å². The van der Waals surface area contributed by atoms with Crippen molar-refractivity contribution in [3.63, 3.8) is 0 Å². The van der Waals surface area contributed by atoms with Crippen LogP contribution in [0.25, 0.3) is 77.5 Å². The Labute approximate surface area is 320 Å². The van der Waals surface area contributed by atoms with Crippen molar-refractivity contribution < 1.29 is 0 Å². The summed E-state index contributed by atoms with van der Waals surface area (Å²) in [6.07, 6.45) is 6.34. The van der Waals surface area contributed by atoms with E-state index in [9.17, 15) is 0 Å². The Bertz CT molecular complexity index is 2920. The van der Waals surface area contributed by atoms with E-state index in [4.69, 9.17) is 4.98 Å². The quantitative estimate of drug-likeness (QED) is 0.154. The second-order valence-electron chi connectivity index (χ2n) is 13.9. The van der Waals surface area contributed by atoms with Gasteiger partial charge >= 0.3 is 0 Å². The summed E-state index contributed by atoms with van der Waals surface area (Å²) in [7, 11) is 0. The molecular formula is C53H36N2. The molecule has 0 radical (unpaired) electrons. The van der Waals surface area contributed by atoms with E-state index in [2.05, 4.69) is 205 Å². The van der Waals surface area contributed by atoms with E-state index < -0.39 is 0 Å². The van der Waals surface area contributed by atoms with Crippen LogP contribution >= 0.6 is 0 Å². The molecule has 2 heteroatoms. The molecule has 0 saturated carbocycles. The molecule has 55 heavy (non-hydrogen) atoms. The van der Waals surface area contributed by atoms with Crippen molar-refractivity contribution in [2.45, 2.75) is 0 Å². The Morgan fingerprint density at radius 3 is 1.42 bits per heavy atom. The number of aromatic nitrogens is 1. The lowest BCUT2D eigenvalue weighted by Gasteiger charge is -2.24. The van der Waals surface area contributed by atoms with Crippen LogP contribution in [0.2, 0.25) is 0 Å². The molecule has 0 spiro atoms. The zero-order valence-corrected chi connectivity index (χ0v) is 30.2. The Hall–Kier alpha value is -7.29. The lowest BCUT2D eigenvalue weighted by Crippen LogP contribution is -2.11. The zero-order valence-electron chi connectivity index (χ0n) is 30.2. The molecule has 0 fully saturated rings. The first-order valence-corrected chi connectivity index (χ1v) is 18.8. The van der Waals surface area contributed by atoms with Crippen molar-refractivity contribution in [3.8, 4) is 22.3 Å². The number of hydrogen-bond donors (Lipinski definition) is 0. The van der Waals surface area contributed by atoms with Gasteiger partial charge in [0.1, 0.15) is 5.82 Å². The third-order valence-corrected chi connectivity index (χ3v) is 10.7. The van der Waals surface area contributed by atoms with Crippen LogP contribution < -0.4 is 4.90 Å². The summed E-state index contributed by atoms with van der Waals surface area (Å²) in [6.45, 7) is 0. The smallest absolute Gasteiger partial charge is 0.137 e. The standard InChI is InChI=1S/C53H36N2/c1-3-18-40(19-4-1)55(41-20-5-2-6-21-41)51-35-31-37(36-54-51)30-32-39-33-34-50(44-24-10-9-22-42(39)44)53-48-27-13-11-25-46(48)52(47-26-12-14-28-49(47)53)45-29-15-17-38-16-7-8-23-43(38)45/h1-36H/b32-30+. The minimum atomic E-state index is 0.871. The van der Waals surface area contributed by atoms with Gasteiger partial charge in [-0.3, -0.25) is 4.90 Å². The van der Waals surface area contributed by atoms with Crippen molar-refractivity contribution in [1.29, 1.82) is 0 Å². The van der Waals surface area contributed by atoms with E-state index in [1.54, 1.807) is 0 Å². The minimum absolute atomic E-state index is 0.871. The fourth-order valence-corrected chi connectivity index (χ4v) is 8.22. The first kappa shape index (κ1) is 32.4. The SMILES string of the molecule is C(=C\c1ccc(-c2c3ccccc3c(-c3cccc4ccccc34)c3ccccc23)c2ccccc12)/c1ccc(N(c2ccccc2)c2ccccc2)nc1. The molecule has 0 N–H and O–H groups in total. The largest absolute Gasteiger partial charge is 0.295 e. The highest BCUT2D eigenvalue weighted by Gasteiger charge is 2.19. The van der Waals surface area contributed by atoms with Crippen LogP contribution in [0, 0.1) is 0 Å². The van der Waals surface area contributed by atoms with E-state index in [1.807, 2.05) is 18.3 Å². The lowest BCUT2D eigenvalue weighted by atomic mass is 9.83. The summed E-state index contributed by atoms with van der Waals surface area (Å²) >= 11 is 0. The molecule has 10 aromatic rings. The first-order valence-electron chi connectivity index (χ1n) is 18.8. The van der Waals surface area contributed by atoms with Crippen LogP contribution in [0.1, 0.15) is 11.1 Å². The first-order chi connectivity index (χ1) is 27.3. The average molecular weight is 701 g/mol. The van der Waals surface area contributed by atoms with Gasteiger partial charge < -0.3 is 0 Å². The Morgan fingerprint density at radius 1 is 0.345 bits per heavy atom. The summed E-state index contributed by atoms with van der Waals surface area (Å²) in [6, 6.07) is 71.6. The molecule has 0 aliphatic carbocycles. The number of pyridine rings is 1. The van der Waals surface area contributed by atoms with Crippen LogP contribution in [0.15, 0.2) is 206 Å². The molecule has 0 unspecified atom stereocenters. The zero-order chi connectivity index (χ0) is 36.6. The average Bonchev–Trinajstić information content (AvgIpc) is 3.26. The van der Waals surface area contributed by atoms with E-state index in [-0.39, 0.29) is 0 Å². The van der Waals surface area contributed by atoms with Crippen molar-refractivity contribution >= 4 is 72.4 Å². The predicted molar refractivity (Wildman–Crippen MR) is 235 cm³/mol. The van der Waals surface area contributed by atoms with Gasteiger partial charge in [0.05, 0.1) is 0 Å². The van der Waals surface area contributed by atoms with Crippen LogP contribution in [0.4, 0.5) is 17.2 Å². The molecule has 0 atom stereocenters. The minimum Gasteiger partial charge on any atom is -0.295 e. The maximum atomic E-state index is 4.94. The topological polar surface area (TPSA) is 16.1 Å². The van der Waals surface area contributed by atoms with Gasteiger partial charge in [0, 0.05) is 17.6 Å². The number of anilines is 3. The number of fused-ring (bicyclic) bond motifs is 4. The third kappa shape index (κ3) is 5.82. The summed E-state index contributed by atoms with van der Waals surface area (Å²) in [5.74, 6) is 0.871. The highest BCUT2D eigenvalue weighted by Crippen LogP contribution is 2.47. The fraction of sp³-hybridized carbons (Fsp3) is 0. The molecule has 0 saturated heterocycles. The number of para-hydroxylation sites is 2. The summed E-state index contributed by atoms with van der Waals surface area (Å²) in [5.41, 5.74) is 9.39. The summed E-state index contributed by atoms with van der Waals surface area (Å²) < 4.78 is 0. The lowest BCUT2D eigenvalue weighted by molar-refractivity contribution is 1.18. The van der Waals surface area contributed by atoms with Gasteiger partial charge in [-0.05, 0) is 113 Å². The molecule has 1 heterocycles. The molecular weight excluding hydrogens is 665 g/mol. The van der Waals surface area contributed by atoms with E-state index >= 15 is 0 Å². The van der Waals surface area contributed by atoms with Crippen LogP contribution in [0.5, 0.6) is 0 Å². The Balaban J connectivity index is 1.08. The molecule has 10 rings (SSSR count). The number of benzene rings is 9. The van der Waals surface area contributed by atoms with Gasteiger partial charge in [-0.25, -0.2) is 4.98 Å². The molecule has 0 aliphatic rings. The normalized spacial score (nSPS) is 11.6. The van der Waals surface area contributed by atoms with Crippen molar-refractivity contribution in [2.75, 3.05) is 4.90 Å². The van der Waals surface area contributed by atoms with E-state index in [0.717, 1.165) is 22.8 Å². The van der Waals surface area contributed by atoms with Gasteiger partial charge in [-0.1, -0.05) is 176 Å².